The van der Waals surface area contributed by atoms with Crippen LogP contribution in [0, 0.1) is 0 Å². The van der Waals surface area contributed by atoms with Gasteiger partial charge in [0.25, 0.3) is 0 Å². The summed E-state index contributed by atoms with van der Waals surface area (Å²) in [6, 6.07) is 1.71. The van der Waals surface area contributed by atoms with Gasteiger partial charge in [-0.2, -0.15) is 0 Å². The highest BCUT2D eigenvalue weighted by Gasteiger charge is 2.17. The van der Waals surface area contributed by atoms with Crippen LogP contribution < -0.4 is 5.32 Å². The fourth-order valence-electron chi connectivity index (χ4n) is 2.17. The second-order valence-electron chi connectivity index (χ2n) is 5.03. The molecule has 1 amide bonds. The van der Waals surface area contributed by atoms with Gasteiger partial charge in [-0.25, -0.2) is 9.97 Å². The maximum absolute atomic E-state index is 12.2. The van der Waals surface area contributed by atoms with E-state index in [1.807, 2.05) is 36.8 Å². The number of aromatic nitrogens is 6. The largest absolute Gasteiger partial charge is 0.347 e. The highest BCUT2D eigenvalue weighted by molar-refractivity contribution is 7.99. The van der Waals surface area contributed by atoms with E-state index in [1.165, 1.54) is 11.8 Å². The van der Waals surface area contributed by atoms with Crippen LogP contribution in [0.15, 0.2) is 36.1 Å². The van der Waals surface area contributed by atoms with Gasteiger partial charge in [0.2, 0.25) is 11.7 Å². The van der Waals surface area contributed by atoms with Crippen molar-refractivity contribution in [3.05, 3.63) is 36.7 Å². The zero-order chi connectivity index (χ0) is 16.2. The lowest BCUT2D eigenvalue weighted by Gasteiger charge is -2.14. The molecule has 120 valence electrons. The molecule has 23 heavy (non-hydrogen) atoms. The van der Waals surface area contributed by atoms with Gasteiger partial charge in [-0.3, -0.25) is 9.20 Å². The third kappa shape index (κ3) is 3.50. The van der Waals surface area contributed by atoms with Crippen molar-refractivity contribution in [1.29, 1.82) is 0 Å². The van der Waals surface area contributed by atoms with Gasteiger partial charge in [0, 0.05) is 25.6 Å². The molecule has 3 aromatic rings. The first-order chi connectivity index (χ1) is 11.2. The second kappa shape index (κ2) is 6.78. The summed E-state index contributed by atoms with van der Waals surface area (Å²) in [5.74, 6) is 0.854. The van der Waals surface area contributed by atoms with Crippen molar-refractivity contribution in [3.8, 4) is 0 Å². The fraction of sp³-hybridized carbons (Fsp3) is 0.357. The molecule has 0 aliphatic rings. The van der Waals surface area contributed by atoms with Gasteiger partial charge >= 0.3 is 0 Å². The number of aryl methyl sites for hydroxylation is 1. The minimum atomic E-state index is -0.135. The number of fused-ring (bicyclic) bond motifs is 1. The van der Waals surface area contributed by atoms with Crippen molar-refractivity contribution < 1.29 is 4.79 Å². The first kappa shape index (κ1) is 15.5. The van der Waals surface area contributed by atoms with Crippen molar-refractivity contribution in [2.24, 2.45) is 7.05 Å². The molecule has 0 aliphatic heterocycles. The van der Waals surface area contributed by atoms with E-state index in [2.05, 4.69) is 25.5 Å². The zero-order valence-electron chi connectivity index (χ0n) is 12.9. The van der Waals surface area contributed by atoms with Crippen LogP contribution in [0.5, 0.6) is 0 Å². The lowest BCUT2D eigenvalue weighted by atomic mass is 10.2. The average molecular weight is 331 g/mol. The molecular weight excluding hydrogens is 314 g/mol. The molecule has 0 radical (unpaired) electrons. The number of nitrogens with zero attached hydrogens (tertiary/aromatic N) is 6. The van der Waals surface area contributed by atoms with Crippen molar-refractivity contribution in [2.75, 3.05) is 5.75 Å². The Labute approximate surface area is 137 Å². The van der Waals surface area contributed by atoms with Crippen molar-refractivity contribution in [2.45, 2.75) is 24.5 Å². The average Bonchev–Trinajstić information content (AvgIpc) is 3.16. The van der Waals surface area contributed by atoms with E-state index < -0.39 is 0 Å². The van der Waals surface area contributed by atoms with Crippen LogP contribution in [0.2, 0.25) is 0 Å². The van der Waals surface area contributed by atoms with Crippen molar-refractivity contribution in [1.82, 2.24) is 34.4 Å². The molecule has 1 atom stereocenters. The van der Waals surface area contributed by atoms with Gasteiger partial charge in [-0.1, -0.05) is 18.7 Å². The molecule has 3 rings (SSSR count). The Balaban J connectivity index is 1.64. The lowest BCUT2D eigenvalue weighted by Crippen LogP contribution is -2.29. The number of hydrogen-bond donors (Lipinski definition) is 1. The van der Waals surface area contributed by atoms with Crippen molar-refractivity contribution in [3.63, 3.8) is 0 Å². The van der Waals surface area contributed by atoms with Gasteiger partial charge < -0.3 is 9.88 Å². The highest BCUT2D eigenvalue weighted by atomic mass is 32.2. The van der Waals surface area contributed by atoms with Crippen LogP contribution in [-0.4, -0.2) is 40.8 Å². The summed E-state index contributed by atoms with van der Waals surface area (Å²) in [7, 11) is 1.85. The predicted molar refractivity (Wildman–Crippen MR) is 85.9 cm³/mol. The number of hydrogen-bond acceptors (Lipinski definition) is 6. The van der Waals surface area contributed by atoms with E-state index in [0.29, 0.717) is 10.9 Å². The SMILES string of the molecule is CCC(NC(=O)CSc1nncn1C)c1cn2cccnc2n1. The summed E-state index contributed by atoms with van der Waals surface area (Å²) in [6.45, 7) is 2.01. The van der Waals surface area contributed by atoms with Gasteiger partial charge in [-0.15, -0.1) is 10.2 Å². The molecule has 3 heterocycles. The van der Waals surface area contributed by atoms with Crippen LogP contribution in [0.25, 0.3) is 5.78 Å². The number of nitrogens with one attached hydrogen (secondary N) is 1. The molecule has 0 bridgehead atoms. The van der Waals surface area contributed by atoms with E-state index in [4.69, 9.17) is 0 Å². The first-order valence-corrected chi connectivity index (χ1v) is 8.21. The molecule has 1 unspecified atom stereocenters. The Morgan fingerprint density at radius 2 is 2.35 bits per heavy atom. The summed E-state index contributed by atoms with van der Waals surface area (Å²) >= 11 is 1.35. The summed E-state index contributed by atoms with van der Waals surface area (Å²) in [5, 5.41) is 11.5. The Bertz CT molecular complexity index is 779. The molecule has 8 nitrogen and oxygen atoms in total. The molecule has 3 aromatic heterocycles. The molecule has 0 aromatic carbocycles. The monoisotopic (exact) mass is 331 g/mol. The minimum Gasteiger partial charge on any atom is -0.347 e. The van der Waals surface area contributed by atoms with E-state index in [9.17, 15) is 4.79 Å². The standard InChI is InChI=1S/C14H17N7OS/c1-3-10(11-7-21-6-4-5-15-13(21)18-11)17-12(22)8-23-14-19-16-9-20(14)2/h4-7,9-10H,3,8H2,1-2H3,(H,17,22). The number of amides is 1. The number of rotatable bonds is 6. The Kier molecular flexibility index (Phi) is 4.56. The van der Waals surface area contributed by atoms with Gasteiger partial charge in [0.15, 0.2) is 5.16 Å². The normalized spacial score (nSPS) is 12.4. The first-order valence-electron chi connectivity index (χ1n) is 7.23. The summed E-state index contributed by atoms with van der Waals surface area (Å²) in [6.07, 6.45) is 7.84. The summed E-state index contributed by atoms with van der Waals surface area (Å²) in [5.41, 5.74) is 0.809. The molecular formula is C14H17N7OS. The van der Waals surface area contributed by atoms with Crippen LogP contribution in [0.1, 0.15) is 25.1 Å². The molecule has 0 spiro atoms. The summed E-state index contributed by atoms with van der Waals surface area (Å²) in [4.78, 5) is 20.8. The van der Waals surface area contributed by atoms with E-state index in [-0.39, 0.29) is 17.7 Å². The molecule has 9 heteroatoms. The number of carbonyl (C=O) groups excluding carboxylic acids is 1. The van der Waals surface area contributed by atoms with E-state index in [1.54, 1.807) is 17.1 Å². The van der Waals surface area contributed by atoms with Gasteiger partial charge in [0.1, 0.15) is 6.33 Å². The molecule has 0 saturated carbocycles. The number of thioether (sulfide) groups is 1. The highest BCUT2D eigenvalue weighted by Crippen LogP contribution is 2.17. The van der Waals surface area contributed by atoms with Crippen LogP contribution in [0.4, 0.5) is 0 Å². The number of imidazole rings is 1. The van der Waals surface area contributed by atoms with E-state index >= 15 is 0 Å². The Morgan fingerprint density at radius 3 is 3.04 bits per heavy atom. The minimum absolute atomic E-state index is 0.0603. The quantitative estimate of drug-likeness (QED) is 0.683. The number of carbonyl (C=O) groups is 1. The molecule has 0 saturated heterocycles. The maximum Gasteiger partial charge on any atom is 0.233 e. The van der Waals surface area contributed by atoms with Crippen LogP contribution >= 0.6 is 11.8 Å². The van der Waals surface area contributed by atoms with Gasteiger partial charge in [-0.05, 0) is 12.5 Å². The zero-order valence-corrected chi connectivity index (χ0v) is 13.7. The third-order valence-electron chi connectivity index (χ3n) is 3.36. The summed E-state index contributed by atoms with van der Waals surface area (Å²) < 4.78 is 3.63. The Morgan fingerprint density at radius 1 is 1.48 bits per heavy atom. The van der Waals surface area contributed by atoms with Gasteiger partial charge in [0.05, 0.1) is 17.5 Å². The van der Waals surface area contributed by atoms with Crippen LogP contribution in [0.3, 0.4) is 0 Å². The molecule has 0 fully saturated rings. The smallest absolute Gasteiger partial charge is 0.233 e. The maximum atomic E-state index is 12.2. The molecule has 1 N–H and O–H groups in total. The fourth-order valence-corrected chi connectivity index (χ4v) is 2.87. The second-order valence-corrected chi connectivity index (χ2v) is 5.98. The third-order valence-corrected chi connectivity index (χ3v) is 4.39. The van der Waals surface area contributed by atoms with Crippen LogP contribution in [-0.2, 0) is 11.8 Å². The topological polar surface area (TPSA) is 90.0 Å². The van der Waals surface area contributed by atoms with E-state index in [0.717, 1.165) is 12.1 Å². The molecule has 0 aliphatic carbocycles. The van der Waals surface area contributed by atoms with Crippen molar-refractivity contribution >= 4 is 23.4 Å². The lowest BCUT2D eigenvalue weighted by molar-refractivity contribution is -0.119. The Hall–Kier alpha value is -2.42. The predicted octanol–water partition coefficient (Wildman–Crippen LogP) is 1.22.